The second-order valence-corrected chi connectivity index (χ2v) is 8.80. The van der Waals surface area contributed by atoms with Gasteiger partial charge < -0.3 is 10.2 Å². The van der Waals surface area contributed by atoms with Crippen LogP contribution in [0.1, 0.15) is 103 Å². The first-order chi connectivity index (χ1) is 11.9. The van der Waals surface area contributed by atoms with Crippen LogP contribution in [-0.2, 0) is 5.41 Å². The molecule has 2 heteroatoms. The lowest BCUT2D eigenvalue weighted by molar-refractivity contribution is 0.0876. The van der Waals surface area contributed by atoms with Gasteiger partial charge in [0.1, 0.15) is 5.75 Å². The van der Waals surface area contributed by atoms with Gasteiger partial charge in [-0.05, 0) is 60.1 Å². The first-order valence-electron chi connectivity index (χ1n) is 10.4. The lowest BCUT2D eigenvalue weighted by atomic mass is 9.74. The van der Waals surface area contributed by atoms with E-state index in [4.69, 9.17) is 0 Å². The van der Waals surface area contributed by atoms with Crippen LogP contribution in [0.5, 0.6) is 5.75 Å². The summed E-state index contributed by atoms with van der Waals surface area (Å²) in [4.78, 5) is 0. The largest absolute Gasteiger partial charge is 0.508 e. The molecule has 142 valence electrons. The molecular weight excluding hydrogens is 308 g/mol. The maximum atomic E-state index is 10.7. The molecule has 25 heavy (non-hydrogen) atoms. The van der Waals surface area contributed by atoms with Gasteiger partial charge in [0.15, 0.2) is 0 Å². The Morgan fingerprint density at radius 1 is 1.04 bits per heavy atom. The molecule has 1 saturated carbocycles. The normalized spacial score (nSPS) is 24.4. The van der Waals surface area contributed by atoms with Gasteiger partial charge >= 0.3 is 0 Å². The van der Waals surface area contributed by atoms with Crippen LogP contribution in [0, 0.1) is 5.92 Å². The summed E-state index contributed by atoms with van der Waals surface area (Å²) in [5.74, 6) is 1.28. The predicted octanol–water partition coefficient (Wildman–Crippen LogP) is 6.29. The summed E-state index contributed by atoms with van der Waals surface area (Å²) in [6.07, 6.45) is 9.94. The summed E-state index contributed by atoms with van der Waals surface area (Å²) >= 11 is 0. The Kier molecular flexibility index (Phi) is 7.37. The van der Waals surface area contributed by atoms with Crippen molar-refractivity contribution in [3.8, 4) is 5.75 Å². The Balaban J connectivity index is 2.09. The van der Waals surface area contributed by atoms with Gasteiger partial charge in [0.2, 0.25) is 0 Å². The van der Waals surface area contributed by atoms with Gasteiger partial charge in [0.25, 0.3) is 0 Å². The molecule has 1 aromatic carbocycles. The predicted molar refractivity (Wildman–Crippen MR) is 106 cm³/mol. The van der Waals surface area contributed by atoms with Crippen LogP contribution in [-0.4, -0.2) is 16.3 Å². The van der Waals surface area contributed by atoms with Gasteiger partial charge in [-0.25, -0.2) is 0 Å². The van der Waals surface area contributed by atoms with Crippen LogP contribution in [0.3, 0.4) is 0 Å². The summed E-state index contributed by atoms with van der Waals surface area (Å²) in [5, 5.41) is 20.9. The molecule has 0 spiro atoms. The van der Waals surface area contributed by atoms with Gasteiger partial charge in [0.05, 0.1) is 6.10 Å². The average molecular weight is 347 g/mol. The monoisotopic (exact) mass is 346 g/mol. The lowest BCUT2D eigenvalue weighted by Gasteiger charge is -2.33. The van der Waals surface area contributed by atoms with Crippen molar-refractivity contribution in [3.63, 3.8) is 0 Å². The molecule has 0 amide bonds. The van der Waals surface area contributed by atoms with Crippen molar-refractivity contribution >= 4 is 0 Å². The maximum absolute atomic E-state index is 10.7. The number of aromatic hydroxyl groups is 1. The van der Waals surface area contributed by atoms with Gasteiger partial charge in [-0.2, -0.15) is 0 Å². The van der Waals surface area contributed by atoms with E-state index < -0.39 is 0 Å². The Hall–Kier alpha value is -1.02. The topological polar surface area (TPSA) is 40.5 Å². The highest BCUT2D eigenvalue weighted by atomic mass is 16.3. The number of benzene rings is 1. The number of aliphatic hydroxyl groups excluding tert-OH is 1. The lowest BCUT2D eigenvalue weighted by Crippen LogP contribution is -2.25. The minimum absolute atomic E-state index is 0.0990. The first kappa shape index (κ1) is 20.3. The molecule has 2 nitrogen and oxygen atoms in total. The second-order valence-electron chi connectivity index (χ2n) is 8.80. The molecule has 1 aliphatic carbocycles. The summed E-state index contributed by atoms with van der Waals surface area (Å²) < 4.78 is 0. The number of phenolic OH excluding ortho intramolecular Hbond substituents is 1. The van der Waals surface area contributed by atoms with Crippen molar-refractivity contribution in [2.24, 2.45) is 5.92 Å². The van der Waals surface area contributed by atoms with Gasteiger partial charge in [-0.1, -0.05) is 71.9 Å². The molecule has 3 atom stereocenters. The van der Waals surface area contributed by atoms with Crippen LogP contribution in [0.25, 0.3) is 0 Å². The zero-order valence-corrected chi connectivity index (χ0v) is 16.7. The van der Waals surface area contributed by atoms with E-state index >= 15 is 0 Å². The number of hydrogen-bond acceptors (Lipinski definition) is 2. The average Bonchev–Trinajstić information content (AvgIpc) is 2.58. The molecule has 0 saturated heterocycles. The van der Waals surface area contributed by atoms with E-state index in [-0.39, 0.29) is 17.4 Å². The Morgan fingerprint density at radius 3 is 2.44 bits per heavy atom. The van der Waals surface area contributed by atoms with Crippen LogP contribution < -0.4 is 0 Å². The van der Waals surface area contributed by atoms with E-state index in [1.807, 2.05) is 6.07 Å². The first-order valence-corrected chi connectivity index (χ1v) is 10.4. The number of aliphatic hydroxyl groups is 1. The van der Waals surface area contributed by atoms with Gasteiger partial charge in [-0.15, -0.1) is 0 Å². The molecule has 0 bridgehead atoms. The van der Waals surface area contributed by atoms with Crippen molar-refractivity contribution < 1.29 is 10.2 Å². The fourth-order valence-corrected chi connectivity index (χ4v) is 4.44. The molecule has 0 heterocycles. The molecule has 2 rings (SSSR count). The number of phenols is 1. The van der Waals surface area contributed by atoms with E-state index in [1.54, 1.807) is 0 Å². The molecule has 1 aromatic rings. The van der Waals surface area contributed by atoms with Crippen molar-refractivity contribution in [1.82, 2.24) is 0 Å². The summed E-state index contributed by atoms with van der Waals surface area (Å²) in [5.41, 5.74) is 2.36. The van der Waals surface area contributed by atoms with Gasteiger partial charge in [-0.3, -0.25) is 0 Å². The van der Waals surface area contributed by atoms with E-state index in [0.29, 0.717) is 11.7 Å². The highest BCUT2D eigenvalue weighted by Crippen LogP contribution is 2.42. The second kappa shape index (κ2) is 9.07. The third-order valence-corrected chi connectivity index (χ3v) is 6.26. The molecule has 1 aliphatic rings. The van der Waals surface area contributed by atoms with E-state index in [9.17, 15) is 10.2 Å². The number of unbranched alkanes of at least 4 members (excludes halogenated alkanes) is 3. The quantitative estimate of drug-likeness (QED) is 0.543. The van der Waals surface area contributed by atoms with E-state index in [1.165, 1.54) is 31.2 Å². The SMILES string of the molecule is CCCCCCC(C)(C)c1ccc(C2CC(O)CC(CC)C2)c(O)c1. The molecule has 3 unspecified atom stereocenters. The molecule has 0 aliphatic heterocycles. The van der Waals surface area contributed by atoms with Crippen LogP contribution in [0.2, 0.25) is 0 Å². The van der Waals surface area contributed by atoms with Gasteiger partial charge in [0, 0.05) is 0 Å². The molecule has 0 radical (unpaired) electrons. The molecule has 0 aromatic heterocycles. The fraction of sp³-hybridized carbons (Fsp3) is 0.739. The highest BCUT2D eigenvalue weighted by Gasteiger charge is 2.30. The Morgan fingerprint density at radius 2 is 1.80 bits per heavy atom. The summed E-state index contributed by atoms with van der Waals surface area (Å²) in [6.45, 7) is 9.01. The van der Waals surface area contributed by atoms with E-state index in [0.717, 1.165) is 37.7 Å². The third kappa shape index (κ3) is 5.48. The van der Waals surface area contributed by atoms with Crippen LogP contribution >= 0.6 is 0 Å². The minimum Gasteiger partial charge on any atom is -0.508 e. The zero-order chi connectivity index (χ0) is 18.4. The maximum Gasteiger partial charge on any atom is 0.119 e. The third-order valence-electron chi connectivity index (χ3n) is 6.26. The fourth-order valence-electron chi connectivity index (χ4n) is 4.44. The highest BCUT2D eigenvalue weighted by molar-refractivity contribution is 5.41. The van der Waals surface area contributed by atoms with Crippen molar-refractivity contribution in [2.45, 2.75) is 103 Å². The molecule has 1 fully saturated rings. The molecular formula is C23H38O2. The van der Waals surface area contributed by atoms with E-state index in [2.05, 4.69) is 39.8 Å². The van der Waals surface area contributed by atoms with Crippen molar-refractivity contribution in [1.29, 1.82) is 0 Å². The van der Waals surface area contributed by atoms with Crippen LogP contribution in [0.4, 0.5) is 0 Å². The zero-order valence-electron chi connectivity index (χ0n) is 16.7. The summed E-state index contributed by atoms with van der Waals surface area (Å²) in [6, 6.07) is 6.31. The molecule has 2 N–H and O–H groups in total. The minimum atomic E-state index is -0.224. The van der Waals surface area contributed by atoms with Crippen molar-refractivity contribution in [3.05, 3.63) is 29.3 Å². The Bertz CT molecular complexity index is 535. The van der Waals surface area contributed by atoms with Crippen molar-refractivity contribution in [2.75, 3.05) is 0 Å². The number of hydrogen-bond donors (Lipinski definition) is 2. The standard InChI is InChI=1S/C23H38O2/c1-5-7-8-9-12-23(3,4)19-10-11-21(22(25)16-19)18-13-17(6-2)14-20(24)15-18/h10-11,16-18,20,24-25H,5-9,12-15H2,1-4H3. The number of rotatable bonds is 8. The van der Waals surface area contributed by atoms with Crippen LogP contribution in [0.15, 0.2) is 18.2 Å². The smallest absolute Gasteiger partial charge is 0.119 e. The summed E-state index contributed by atoms with van der Waals surface area (Å²) in [7, 11) is 0. The Labute approximate surface area is 154 Å².